The van der Waals surface area contributed by atoms with E-state index in [0.29, 0.717) is 35.9 Å². The minimum absolute atomic E-state index is 0.00470. The molecule has 0 saturated heterocycles. The number of primary amides is 1. The number of thiophene rings is 1. The quantitative estimate of drug-likeness (QED) is 0.887. The third kappa shape index (κ3) is 3.03. The van der Waals surface area contributed by atoms with Gasteiger partial charge in [-0.15, -0.1) is 11.3 Å². The molecule has 0 fully saturated rings. The molecule has 0 atom stereocenters. The predicted molar refractivity (Wildman–Crippen MR) is 96.2 cm³/mol. The predicted octanol–water partition coefficient (Wildman–Crippen LogP) is 3.14. The van der Waals surface area contributed by atoms with Crippen molar-refractivity contribution in [2.75, 3.05) is 18.0 Å². The van der Waals surface area contributed by atoms with Gasteiger partial charge >= 0.3 is 0 Å². The average Bonchev–Trinajstić information content (AvgIpc) is 2.85. The Morgan fingerprint density at radius 3 is 2.83 bits per heavy atom. The second-order valence-corrected chi connectivity index (χ2v) is 7.14. The van der Waals surface area contributed by atoms with Crippen LogP contribution in [0.5, 0.6) is 5.75 Å². The van der Waals surface area contributed by atoms with Crippen molar-refractivity contribution in [3.63, 3.8) is 0 Å². The number of aryl methyl sites for hydroxylation is 1. The highest BCUT2D eigenvalue weighted by Crippen LogP contribution is 2.39. The molecular weight excluding hydrogens is 326 g/mol. The molecule has 3 N–H and O–H groups in total. The number of carbonyl (C=O) groups excluding carboxylic acids is 1. The van der Waals surface area contributed by atoms with E-state index in [1.807, 2.05) is 26.8 Å². The van der Waals surface area contributed by atoms with Gasteiger partial charge < -0.3 is 20.5 Å². The first-order valence-corrected chi connectivity index (χ1v) is 8.72. The fourth-order valence-electron chi connectivity index (χ4n) is 2.80. The largest absolute Gasteiger partial charge is 0.513 e. The number of hydrogen-bond donors (Lipinski definition) is 2. The summed E-state index contributed by atoms with van der Waals surface area (Å²) in [5.41, 5.74) is 6.30. The number of anilines is 1. The summed E-state index contributed by atoms with van der Waals surface area (Å²) in [4.78, 5) is 19.7. The van der Waals surface area contributed by atoms with Gasteiger partial charge in [-0.2, -0.15) is 0 Å². The smallest absolute Gasteiger partial charge is 0.259 e. The second kappa shape index (κ2) is 6.32. The Morgan fingerprint density at radius 1 is 1.50 bits per heavy atom. The van der Waals surface area contributed by atoms with Gasteiger partial charge in [0, 0.05) is 25.6 Å². The number of nitrogens with two attached hydrogens (primary N) is 1. The average molecular weight is 347 g/mol. The summed E-state index contributed by atoms with van der Waals surface area (Å²) in [5.74, 6) is 1.46. The molecule has 2 aromatic rings. The lowest BCUT2D eigenvalue weighted by atomic mass is 10.1. The van der Waals surface area contributed by atoms with Gasteiger partial charge in [0.15, 0.2) is 0 Å². The van der Waals surface area contributed by atoms with E-state index in [1.165, 1.54) is 11.3 Å². The number of pyridine rings is 1. The topological polar surface area (TPSA) is 88.7 Å². The summed E-state index contributed by atoms with van der Waals surface area (Å²) in [6.07, 6.45) is 2.38. The van der Waals surface area contributed by atoms with Crippen molar-refractivity contribution in [2.24, 2.45) is 5.73 Å². The van der Waals surface area contributed by atoms with Crippen LogP contribution < -0.4 is 15.4 Å². The molecule has 0 aromatic carbocycles. The maximum Gasteiger partial charge on any atom is 0.259 e. The molecule has 0 aliphatic carbocycles. The number of aliphatic hydroxyl groups excluding tert-OH is 1. The lowest BCUT2D eigenvalue weighted by Crippen LogP contribution is -2.29. The van der Waals surface area contributed by atoms with Crippen molar-refractivity contribution >= 4 is 33.3 Å². The Bertz CT molecular complexity index is 826. The number of nitrogens with zero attached hydrogens (tertiary/aromatic N) is 2. The maximum absolute atomic E-state index is 11.7. The van der Waals surface area contributed by atoms with Crippen molar-refractivity contribution in [3.8, 4) is 5.75 Å². The van der Waals surface area contributed by atoms with Gasteiger partial charge in [0.1, 0.15) is 16.4 Å². The van der Waals surface area contributed by atoms with Gasteiger partial charge in [-0.3, -0.25) is 4.79 Å². The van der Waals surface area contributed by atoms with Crippen LogP contribution in [-0.4, -0.2) is 35.2 Å². The summed E-state index contributed by atoms with van der Waals surface area (Å²) >= 11 is 1.29. The Morgan fingerprint density at radius 2 is 2.25 bits per heavy atom. The summed E-state index contributed by atoms with van der Waals surface area (Å²) in [6, 6.07) is 1.91. The molecule has 128 valence electrons. The third-order valence-corrected chi connectivity index (χ3v) is 5.15. The molecule has 0 bridgehead atoms. The molecule has 0 radical (unpaired) electrons. The van der Waals surface area contributed by atoms with E-state index in [0.717, 1.165) is 21.6 Å². The minimum atomic E-state index is -0.446. The van der Waals surface area contributed by atoms with Crippen LogP contribution in [0.4, 0.5) is 5.82 Å². The molecule has 2 aromatic heterocycles. The van der Waals surface area contributed by atoms with Crippen LogP contribution >= 0.6 is 11.3 Å². The van der Waals surface area contributed by atoms with Crippen molar-refractivity contribution in [2.45, 2.75) is 33.3 Å². The standard InChI is InChI=1S/C17H21N3O3S/c1-9(2)23-12-8-13(20-6-4-11(21)5-7-20)19-17-14(12)10(3)15(24-17)16(18)22/h4,8-9,21H,5-7H2,1-3H3,(H2,18,22). The second-order valence-electron chi connectivity index (χ2n) is 6.14. The molecule has 1 aliphatic rings. The number of fused-ring (bicyclic) bond motifs is 1. The summed E-state index contributed by atoms with van der Waals surface area (Å²) in [7, 11) is 0. The van der Waals surface area contributed by atoms with Gasteiger partial charge in [-0.25, -0.2) is 4.98 Å². The Labute approximate surface area is 144 Å². The van der Waals surface area contributed by atoms with Crippen molar-refractivity contribution in [3.05, 3.63) is 28.3 Å². The number of rotatable bonds is 4. The highest BCUT2D eigenvalue weighted by atomic mass is 32.1. The van der Waals surface area contributed by atoms with Crippen LogP contribution in [0.2, 0.25) is 0 Å². The molecule has 24 heavy (non-hydrogen) atoms. The highest BCUT2D eigenvalue weighted by molar-refractivity contribution is 7.20. The molecule has 3 heterocycles. The van der Waals surface area contributed by atoms with Crippen LogP contribution in [0, 0.1) is 6.92 Å². The van der Waals surface area contributed by atoms with E-state index >= 15 is 0 Å². The summed E-state index contributed by atoms with van der Waals surface area (Å²) in [5, 5.41) is 10.4. The van der Waals surface area contributed by atoms with Gasteiger partial charge in [-0.1, -0.05) is 0 Å². The first-order chi connectivity index (χ1) is 11.4. The highest BCUT2D eigenvalue weighted by Gasteiger charge is 2.22. The van der Waals surface area contributed by atoms with E-state index < -0.39 is 5.91 Å². The fraction of sp³-hybridized carbons (Fsp3) is 0.412. The maximum atomic E-state index is 11.7. The number of ether oxygens (including phenoxy) is 1. The van der Waals surface area contributed by atoms with E-state index in [1.54, 1.807) is 6.08 Å². The van der Waals surface area contributed by atoms with E-state index in [2.05, 4.69) is 4.90 Å². The SMILES string of the molecule is Cc1c(C(N)=O)sc2nc(N3CC=C(O)CC3)cc(OC(C)C)c12. The Kier molecular flexibility index (Phi) is 4.36. The first kappa shape index (κ1) is 16.6. The van der Waals surface area contributed by atoms with E-state index in [-0.39, 0.29) is 6.10 Å². The van der Waals surface area contributed by atoms with E-state index in [9.17, 15) is 9.90 Å². The molecule has 7 heteroatoms. The minimum Gasteiger partial charge on any atom is -0.513 e. The molecule has 3 rings (SSSR count). The van der Waals surface area contributed by atoms with Crippen molar-refractivity contribution in [1.82, 2.24) is 4.98 Å². The van der Waals surface area contributed by atoms with Crippen molar-refractivity contribution < 1.29 is 14.6 Å². The Balaban J connectivity index is 2.13. The lowest BCUT2D eigenvalue weighted by molar-refractivity contribution is 0.100. The summed E-state index contributed by atoms with van der Waals surface area (Å²) < 4.78 is 5.98. The zero-order valence-electron chi connectivity index (χ0n) is 14.0. The zero-order chi connectivity index (χ0) is 17.4. The van der Waals surface area contributed by atoms with Gasteiger partial charge in [0.2, 0.25) is 0 Å². The monoisotopic (exact) mass is 347 g/mol. The molecule has 6 nitrogen and oxygen atoms in total. The fourth-order valence-corrected chi connectivity index (χ4v) is 3.85. The number of amides is 1. The van der Waals surface area contributed by atoms with Gasteiger partial charge in [-0.05, 0) is 32.4 Å². The molecular formula is C17H21N3O3S. The summed E-state index contributed by atoms with van der Waals surface area (Å²) in [6.45, 7) is 7.08. The Hall–Kier alpha value is -2.28. The van der Waals surface area contributed by atoms with Crippen LogP contribution in [0.15, 0.2) is 17.9 Å². The van der Waals surface area contributed by atoms with Crippen LogP contribution in [0.3, 0.4) is 0 Å². The van der Waals surface area contributed by atoms with Gasteiger partial charge in [0.05, 0.1) is 22.1 Å². The first-order valence-electron chi connectivity index (χ1n) is 7.90. The third-order valence-electron chi connectivity index (χ3n) is 3.95. The molecule has 0 unspecified atom stereocenters. The molecule has 1 aliphatic heterocycles. The van der Waals surface area contributed by atoms with Crippen LogP contribution in [0.1, 0.15) is 35.5 Å². The number of carbonyl (C=O) groups is 1. The van der Waals surface area contributed by atoms with Crippen LogP contribution in [0.25, 0.3) is 10.2 Å². The molecule has 0 spiro atoms. The number of aliphatic hydroxyl groups is 1. The molecule has 0 saturated carbocycles. The normalized spacial score (nSPS) is 15.0. The molecule has 1 amide bonds. The van der Waals surface area contributed by atoms with Gasteiger partial charge in [0.25, 0.3) is 5.91 Å². The van der Waals surface area contributed by atoms with Crippen LogP contribution in [-0.2, 0) is 0 Å². The number of hydrogen-bond acceptors (Lipinski definition) is 6. The lowest BCUT2D eigenvalue weighted by Gasteiger charge is -2.26. The number of aromatic nitrogens is 1. The van der Waals surface area contributed by atoms with Crippen molar-refractivity contribution in [1.29, 1.82) is 0 Å². The van der Waals surface area contributed by atoms with E-state index in [4.69, 9.17) is 15.5 Å². The zero-order valence-corrected chi connectivity index (χ0v) is 14.8.